The van der Waals surface area contributed by atoms with Crippen molar-refractivity contribution in [1.29, 1.82) is 0 Å². The molecule has 10 aromatic rings. The van der Waals surface area contributed by atoms with Gasteiger partial charge in [-0.2, -0.15) is 0 Å². The van der Waals surface area contributed by atoms with E-state index in [9.17, 15) is 0 Å². The minimum atomic E-state index is -0.257. The van der Waals surface area contributed by atoms with Crippen molar-refractivity contribution < 1.29 is 0 Å². The van der Waals surface area contributed by atoms with Gasteiger partial charge in [0.2, 0.25) is 6.71 Å². The summed E-state index contributed by atoms with van der Waals surface area (Å²) in [6, 6.07) is 89.0. The van der Waals surface area contributed by atoms with Gasteiger partial charge in [-0.3, -0.25) is 0 Å². The summed E-state index contributed by atoms with van der Waals surface area (Å²) in [4.78, 5) is 5.05. The second-order valence-electron chi connectivity index (χ2n) is 30.0. The van der Waals surface area contributed by atoms with Crippen LogP contribution in [0.3, 0.4) is 0 Å². The highest BCUT2D eigenvalue weighted by atomic mass is 15.2. The molecule has 0 aromatic heterocycles. The number of hydrogen-bond acceptors (Lipinski definition) is 2. The molecule has 1 aliphatic rings. The Morgan fingerprint density at radius 1 is 0.362 bits per heavy atom. The molecule has 0 unspecified atom stereocenters. The molecule has 3 heteroatoms. The van der Waals surface area contributed by atoms with Crippen molar-refractivity contribution in [2.24, 2.45) is 0 Å². The molecule has 0 saturated carbocycles. The molecule has 11 rings (SSSR count). The standard InChI is InChI=1S/C73H81BN2.C16H18.C2H6/c1-17-25-52(18-2)71(11,12)58-31-30-50(3)64(47-58)74-65-48-59(73(15,16)56-28-23-20-24-29-56)38-45-66(65)76(62-43-36-57(37-44-62)72(13,14)55-26-21-19-22-27-55)67-49-63(46-51(4)68(67)74)75(60-39-32-53(33-40-60)69(5,6)7)61-41-34-54(35-42-61)70(8,9)10;1-13-9-11-15(12-10-13)16(2,3)14-7-5-4-6-8-14;1-2/h17-49H,1-16H3;4-12H,1-3H3;1-2H3/b25-17-,52-18+;;. The van der Waals surface area contributed by atoms with Crippen molar-refractivity contribution in [3.05, 3.63) is 327 Å². The van der Waals surface area contributed by atoms with Gasteiger partial charge in [0.05, 0.1) is 0 Å². The molecule has 0 amide bonds. The molecule has 0 fully saturated rings. The zero-order chi connectivity index (χ0) is 68.1. The second kappa shape index (κ2) is 28.1. The molecule has 10 aromatic carbocycles. The van der Waals surface area contributed by atoms with Crippen LogP contribution >= 0.6 is 0 Å². The SMILES string of the molecule is C/C=C\C(=C/C)C(C)(C)c1ccc(C)c(B2c3cc(C(C)(C)c4ccccc4)ccc3N(c3ccc(C(C)(C)c4ccccc4)cc3)c3cc(N(c4ccc(C(C)(C)C)cc4)c4ccc(C(C)(C)C)cc4)cc(C)c32)c1.CC.Cc1ccc(C(C)(C)c2ccccc2)cc1. The number of benzene rings is 10. The third-order valence-corrected chi connectivity index (χ3v) is 20.2. The van der Waals surface area contributed by atoms with Crippen molar-refractivity contribution in [3.8, 4) is 0 Å². The van der Waals surface area contributed by atoms with Crippen molar-refractivity contribution in [3.63, 3.8) is 0 Å². The van der Waals surface area contributed by atoms with Gasteiger partial charge in [0, 0.05) is 55.8 Å². The number of nitrogens with zero attached hydrogens (tertiary/aromatic N) is 2. The Balaban J connectivity index is 0.000000499. The summed E-state index contributed by atoms with van der Waals surface area (Å²) in [7, 11) is 0. The maximum atomic E-state index is 2.58. The summed E-state index contributed by atoms with van der Waals surface area (Å²) in [6.07, 6.45) is 6.72. The summed E-state index contributed by atoms with van der Waals surface area (Å²) in [5, 5.41) is 0. The molecule has 0 aliphatic carbocycles. The summed E-state index contributed by atoms with van der Waals surface area (Å²) < 4.78 is 0. The van der Waals surface area contributed by atoms with Crippen LogP contribution < -0.4 is 26.2 Å². The Kier molecular flexibility index (Phi) is 20.8. The molecule has 0 atom stereocenters. The average molecular weight is 1240 g/mol. The van der Waals surface area contributed by atoms with Crippen LogP contribution in [0.15, 0.2) is 260 Å². The van der Waals surface area contributed by atoms with E-state index in [2.05, 4.69) is 396 Å². The monoisotopic (exact) mass is 1240 g/mol. The van der Waals surface area contributed by atoms with Gasteiger partial charge in [-0.25, -0.2) is 0 Å². The maximum Gasteiger partial charge on any atom is 0.247 e. The van der Waals surface area contributed by atoms with E-state index in [1.54, 1.807) is 0 Å². The quantitative estimate of drug-likeness (QED) is 0.0791. The van der Waals surface area contributed by atoms with Crippen LogP contribution in [-0.4, -0.2) is 6.71 Å². The van der Waals surface area contributed by atoms with Crippen LogP contribution in [-0.2, 0) is 32.5 Å². The first-order valence-electron chi connectivity index (χ1n) is 34.4. The van der Waals surface area contributed by atoms with Crippen molar-refractivity contribution in [2.45, 2.75) is 178 Å². The van der Waals surface area contributed by atoms with Crippen LogP contribution in [0, 0.1) is 20.8 Å². The highest BCUT2D eigenvalue weighted by Crippen LogP contribution is 2.46. The van der Waals surface area contributed by atoms with E-state index in [1.807, 2.05) is 13.8 Å². The first kappa shape index (κ1) is 69.7. The van der Waals surface area contributed by atoms with Gasteiger partial charge in [0.1, 0.15) is 0 Å². The van der Waals surface area contributed by atoms with Gasteiger partial charge in [0.15, 0.2) is 0 Å². The van der Waals surface area contributed by atoms with E-state index in [4.69, 9.17) is 0 Å². The molecule has 1 heterocycles. The van der Waals surface area contributed by atoms with Crippen LogP contribution in [0.4, 0.5) is 34.1 Å². The van der Waals surface area contributed by atoms with Gasteiger partial charge in [0.25, 0.3) is 0 Å². The number of fused-ring (bicyclic) bond motifs is 2. The highest BCUT2D eigenvalue weighted by Gasteiger charge is 2.41. The summed E-state index contributed by atoms with van der Waals surface area (Å²) in [5.74, 6) is 0. The molecule has 0 bridgehead atoms. The zero-order valence-corrected chi connectivity index (χ0v) is 60.7. The number of aryl methyl sites for hydroxylation is 3. The lowest BCUT2D eigenvalue weighted by molar-refractivity contribution is 0.590. The first-order chi connectivity index (χ1) is 44.6. The molecule has 0 saturated heterocycles. The third kappa shape index (κ3) is 14.4. The van der Waals surface area contributed by atoms with Gasteiger partial charge < -0.3 is 9.80 Å². The molecular weight excluding hydrogens is 1130 g/mol. The molecular formula is C91H105BN2. The third-order valence-electron chi connectivity index (χ3n) is 20.2. The topological polar surface area (TPSA) is 6.48 Å². The maximum absolute atomic E-state index is 2.58. The van der Waals surface area contributed by atoms with Gasteiger partial charge in [-0.1, -0.05) is 333 Å². The Morgan fingerprint density at radius 2 is 0.755 bits per heavy atom. The number of allylic oxidation sites excluding steroid dienone is 4. The lowest BCUT2D eigenvalue weighted by Gasteiger charge is -2.41. The molecule has 94 heavy (non-hydrogen) atoms. The molecule has 482 valence electrons. The Hall–Kier alpha value is -8.66. The fourth-order valence-corrected chi connectivity index (χ4v) is 13.8. The molecule has 0 N–H and O–H groups in total. The minimum absolute atomic E-state index is 0.0246. The van der Waals surface area contributed by atoms with Crippen LogP contribution in [0.25, 0.3) is 0 Å². The molecule has 1 aliphatic heterocycles. The van der Waals surface area contributed by atoms with Crippen LogP contribution in [0.2, 0.25) is 0 Å². The number of rotatable bonds is 14. The Morgan fingerprint density at radius 3 is 1.19 bits per heavy atom. The van der Waals surface area contributed by atoms with E-state index in [0.29, 0.717) is 0 Å². The van der Waals surface area contributed by atoms with Crippen LogP contribution in [0.1, 0.15) is 191 Å². The average Bonchev–Trinajstić information content (AvgIpc) is 0.713. The second-order valence-corrected chi connectivity index (χ2v) is 30.0. The van der Waals surface area contributed by atoms with Crippen molar-refractivity contribution in [1.82, 2.24) is 0 Å². The minimum Gasteiger partial charge on any atom is -0.311 e. The largest absolute Gasteiger partial charge is 0.311 e. The number of hydrogen-bond donors (Lipinski definition) is 0. The van der Waals surface area contributed by atoms with Crippen molar-refractivity contribution >= 4 is 57.2 Å². The van der Waals surface area contributed by atoms with Crippen molar-refractivity contribution in [2.75, 3.05) is 9.80 Å². The highest BCUT2D eigenvalue weighted by molar-refractivity contribution is 6.98. The van der Waals surface area contributed by atoms with E-state index >= 15 is 0 Å². The lowest BCUT2D eigenvalue weighted by Crippen LogP contribution is -2.59. The molecule has 0 radical (unpaired) electrons. The fraction of sp³-hybridized carbons (Fsp3) is 0.297. The van der Waals surface area contributed by atoms with Crippen LogP contribution in [0.5, 0.6) is 0 Å². The van der Waals surface area contributed by atoms with E-state index in [0.717, 1.165) is 22.7 Å². The summed E-state index contributed by atoms with van der Waals surface area (Å²) in [6.45, 7) is 47.5. The smallest absolute Gasteiger partial charge is 0.247 e. The van der Waals surface area contributed by atoms with Gasteiger partial charge in [-0.05, 0) is 167 Å². The fourth-order valence-electron chi connectivity index (χ4n) is 13.8. The predicted octanol–water partition coefficient (Wildman–Crippen LogP) is 23.5. The molecule has 0 spiro atoms. The summed E-state index contributed by atoms with van der Waals surface area (Å²) in [5.41, 5.74) is 27.3. The van der Waals surface area contributed by atoms with E-state index in [-0.39, 0.29) is 39.2 Å². The van der Waals surface area contributed by atoms with E-state index < -0.39 is 0 Å². The number of anilines is 6. The first-order valence-corrected chi connectivity index (χ1v) is 34.4. The Labute approximate surface area is 568 Å². The van der Waals surface area contributed by atoms with Gasteiger partial charge >= 0.3 is 0 Å². The zero-order valence-electron chi connectivity index (χ0n) is 60.7. The molecule has 2 nitrogen and oxygen atoms in total. The normalized spacial score (nSPS) is 12.9. The summed E-state index contributed by atoms with van der Waals surface area (Å²) >= 11 is 0. The van der Waals surface area contributed by atoms with Gasteiger partial charge in [-0.15, -0.1) is 0 Å². The van der Waals surface area contributed by atoms with E-state index in [1.165, 1.54) is 100 Å². The Bertz CT molecular complexity index is 4170. The predicted molar refractivity (Wildman–Crippen MR) is 414 cm³/mol. The lowest BCUT2D eigenvalue weighted by atomic mass is 9.33.